The van der Waals surface area contributed by atoms with E-state index in [1.54, 1.807) is 12.1 Å². The zero-order chi connectivity index (χ0) is 39.9. The minimum atomic E-state index is -0.516. The molecular formula is C45H30N2. The van der Waals surface area contributed by atoms with Crippen LogP contribution in [0.3, 0.4) is 0 Å². The van der Waals surface area contributed by atoms with E-state index in [2.05, 4.69) is 10.6 Å². The van der Waals surface area contributed by atoms with Gasteiger partial charge in [-0.25, -0.2) is 4.98 Å². The molecule has 9 aromatic rings. The molecule has 47 heavy (non-hydrogen) atoms. The summed E-state index contributed by atoms with van der Waals surface area (Å²) in [5.41, 5.74) is 5.86. The monoisotopic (exact) mass is 608 g/mol. The van der Waals surface area contributed by atoms with Gasteiger partial charge in [0.05, 0.1) is 24.7 Å². The molecular weight excluding hydrogens is 569 g/mol. The largest absolute Gasteiger partial charge is 0.292 e. The maximum Gasteiger partial charge on any atom is 0.145 e. The Bertz CT molecular complexity index is 3080. The van der Waals surface area contributed by atoms with Crippen molar-refractivity contribution in [3.63, 3.8) is 0 Å². The molecule has 1 aromatic heterocycles. The third-order valence-electron chi connectivity index (χ3n) is 8.55. The Balaban J connectivity index is 1.40. The van der Waals surface area contributed by atoms with Gasteiger partial charge in [0, 0.05) is 11.3 Å². The Morgan fingerprint density at radius 3 is 1.81 bits per heavy atom. The van der Waals surface area contributed by atoms with Crippen LogP contribution in [0.1, 0.15) is 13.7 Å². The second-order valence-corrected chi connectivity index (χ2v) is 11.2. The molecule has 0 fully saturated rings. The van der Waals surface area contributed by atoms with Gasteiger partial charge in [-0.15, -0.1) is 0 Å². The van der Waals surface area contributed by atoms with Gasteiger partial charge >= 0.3 is 0 Å². The van der Waals surface area contributed by atoms with E-state index in [0.29, 0.717) is 27.3 Å². The first-order valence-corrected chi connectivity index (χ1v) is 15.2. The number of fused-ring (bicyclic) bond motifs is 3. The van der Waals surface area contributed by atoms with Crippen LogP contribution >= 0.6 is 0 Å². The van der Waals surface area contributed by atoms with Crippen molar-refractivity contribution in [2.45, 2.75) is 0 Å². The van der Waals surface area contributed by atoms with E-state index in [-0.39, 0.29) is 35.3 Å². The topological polar surface area (TPSA) is 17.8 Å². The van der Waals surface area contributed by atoms with Crippen LogP contribution in [0.15, 0.2) is 182 Å². The van der Waals surface area contributed by atoms with Gasteiger partial charge in [-0.05, 0) is 85.3 Å². The standard InChI is InChI=1S/C45H30N2/c1-4-15-31(16-5-1)34-27-28-39-40(30-34)43(32-17-6-2-7-18-32)37-23-10-11-24-38(37)44(39)35-21-14-22-36(29-35)47-42-26-13-12-25-41(42)46-45(47)33-19-8-3-9-20-33/h1-30H/i1D,2D,4D,5D,6D,7D,15D,16D,17D,18D. The molecule has 220 valence electrons. The van der Waals surface area contributed by atoms with Crippen molar-refractivity contribution in [1.82, 2.24) is 9.55 Å². The zero-order valence-corrected chi connectivity index (χ0v) is 24.9. The van der Waals surface area contributed by atoms with Gasteiger partial charge in [-0.2, -0.15) is 0 Å². The lowest BCUT2D eigenvalue weighted by molar-refractivity contribution is 1.10. The van der Waals surface area contributed by atoms with Gasteiger partial charge in [0.2, 0.25) is 0 Å². The van der Waals surface area contributed by atoms with Crippen molar-refractivity contribution in [1.29, 1.82) is 0 Å². The maximum atomic E-state index is 9.06. The molecule has 0 radical (unpaired) electrons. The van der Waals surface area contributed by atoms with Gasteiger partial charge in [0.15, 0.2) is 0 Å². The summed E-state index contributed by atoms with van der Waals surface area (Å²) in [5.74, 6) is 0.767. The highest BCUT2D eigenvalue weighted by Gasteiger charge is 2.19. The lowest BCUT2D eigenvalue weighted by atomic mass is 9.85. The summed E-state index contributed by atoms with van der Waals surface area (Å²) in [6.07, 6.45) is 0. The number of para-hydroxylation sites is 2. The van der Waals surface area contributed by atoms with Crippen LogP contribution < -0.4 is 0 Å². The summed E-state index contributed by atoms with van der Waals surface area (Å²) in [6, 6.07) is 34.3. The Labute approximate surface area is 287 Å². The molecule has 0 aliphatic rings. The fraction of sp³-hybridized carbons (Fsp3) is 0. The molecule has 0 spiro atoms. The highest BCUT2D eigenvalue weighted by atomic mass is 15.1. The van der Waals surface area contributed by atoms with Crippen molar-refractivity contribution >= 4 is 32.6 Å². The Morgan fingerprint density at radius 1 is 0.426 bits per heavy atom. The molecule has 0 saturated heterocycles. The maximum absolute atomic E-state index is 9.06. The average Bonchev–Trinajstić information content (AvgIpc) is 3.64. The van der Waals surface area contributed by atoms with Gasteiger partial charge in [-0.1, -0.05) is 151 Å². The van der Waals surface area contributed by atoms with E-state index in [1.807, 2.05) is 103 Å². The number of nitrogens with zero attached hydrogens (tertiary/aromatic N) is 2. The van der Waals surface area contributed by atoms with Crippen molar-refractivity contribution in [3.8, 4) is 50.5 Å². The molecule has 0 aliphatic heterocycles. The number of rotatable bonds is 5. The van der Waals surface area contributed by atoms with Crippen LogP contribution in [0.4, 0.5) is 0 Å². The second kappa shape index (κ2) is 11.3. The fourth-order valence-corrected chi connectivity index (χ4v) is 6.55. The molecule has 8 aromatic carbocycles. The Kier molecular flexibility index (Phi) is 4.48. The number of hydrogen-bond acceptors (Lipinski definition) is 1. The number of imidazole rings is 1. The fourth-order valence-electron chi connectivity index (χ4n) is 6.55. The molecule has 0 saturated carbocycles. The molecule has 0 aliphatic carbocycles. The predicted octanol–water partition coefficient (Wildman–Crippen LogP) is 12.0. The van der Waals surface area contributed by atoms with Crippen molar-refractivity contribution in [3.05, 3.63) is 182 Å². The van der Waals surface area contributed by atoms with Gasteiger partial charge in [0.25, 0.3) is 0 Å². The molecule has 1 heterocycles. The third kappa shape index (κ3) is 4.62. The van der Waals surface area contributed by atoms with E-state index < -0.39 is 36.3 Å². The predicted molar refractivity (Wildman–Crippen MR) is 198 cm³/mol. The molecule has 2 heteroatoms. The quantitative estimate of drug-likeness (QED) is 0.178. The van der Waals surface area contributed by atoms with Gasteiger partial charge < -0.3 is 0 Å². The Hall–Kier alpha value is -6.25. The SMILES string of the molecule is [2H]c1c([2H])c([2H])c(-c2ccc3c(-c4cccc(-n5c(-c6ccccc6)nc6ccccc65)c4)c4ccccc4c(-c4c([2H])c([2H])c([2H])c([2H])c4[2H])c3c2)c([2H])c1[2H]. The molecule has 0 bridgehead atoms. The van der Waals surface area contributed by atoms with Crippen molar-refractivity contribution in [2.24, 2.45) is 0 Å². The summed E-state index contributed by atoms with van der Waals surface area (Å²) in [5, 5.41) is 2.52. The van der Waals surface area contributed by atoms with Gasteiger partial charge in [-0.3, -0.25) is 4.57 Å². The van der Waals surface area contributed by atoms with E-state index >= 15 is 0 Å². The summed E-state index contributed by atoms with van der Waals surface area (Å²) in [4.78, 5) is 5.03. The number of benzene rings is 8. The molecule has 9 rings (SSSR count). The third-order valence-corrected chi connectivity index (χ3v) is 8.55. The summed E-state index contributed by atoms with van der Waals surface area (Å²) in [6.45, 7) is 0. The van der Waals surface area contributed by atoms with Crippen molar-refractivity contribution < 1.29 is 13.7 Å². The highest BCUT2D eigenvalue weighted by molar-refractivity contribution is 6.22. The molecule has 2 nitrogen and oxygen atoms in total. The zero-order valence-electron chi connectivity index (χ0n) is 34.9. The van der Waals surface area contributed by atoms with E-state index in [4.69, 9.17) is 18.7 Å². The minimum Gasteiger partial charge on any atom is -0.292 e. The average molecular weight is 609 g/mol. The smallest absolute Gasteiger partial charge is 0.145 e. The molecule has 0 N–H and O–H groups in total. The van der Waals surface area contributed by atoms with Crippen LogP contribution in [-0.2, 0) is 0 Å². The first kappa shape index (κ1) is 18.7. The highest BCUT2D eigenvalue weighted by Crippen LogP contribution is 2.45. The number of hydrogen-bond donors (Lipinski definition) is 0. The lowest BCUT2D eigenvalue weighted by Crippen LogP contribution is -1.98. The van der Waals surface area contributed by atoms with Crippen molar-refractivity contribution in [2.75, 3.05) is 0 Å². The van der Waals surface area contributed by atoms with E-state index in [1.165, 1.54) is 0 Å². The molecule has 0 unspecified atom stereocenters. The summed E-state index contributed by atoms with van der Waals surface area (Å²) >= 11 is 0. The van der Waals surface area contributed by atoms with E-state index in [9.17, 15) is 0 Å². The Morgan fingerprint density at radius 2 is 1.04 bits per heavy atom. The minimum absolute atomic E-state index is 0.00176. The van der Waals surface area contributed by atoms with E-state index in [0.717, 1.165) is 44.6 Å². The van der Waals surface area contributed by atoms with Crippen LogP contribution in [-0.4, -0.2) is 9.55 Å². The van der Waals surface area contributed by atoms with Crippen LogP contribution in [0.2, 0.25) is 0 Å². The molecule has 0 amide bonds. The van der Waals surface area contributed by atoms with Crippen LogP contribution in [0, 0.1) is 0 Å². The van der Waals surface area contributed by atoms with Crippen LogP contribution in [0.25, 0.3) is 83.0 Å². The summed E-state index contributed by atoms with van der Waals surface area (Å²) in [7, 11) is 0. The number of aromatic nitrogens is 2. The first-order valence-electron chi connectivity index (χ1n) is 20.2. The van der Waals surface area contributed by atoms with Gasteiger partial charge in [0.1, 0.15) is 5.82 Å². The summed E-state index contributed by atoms with van der Waals surface area (Å²) < 4.78 is 88.2. The lowest BCUT2D eigenvalue weighted by Gasteiger charge is -2.19. The first-order chi connectivity index (χ1) is 27.5. The normalized spacial score (nSPS) is 14.4. The second-order valence-electron chi connectivity index (χ2n) is 11.2. The molecule has 0 atom stereocenters. The van der Waals surface area contributed by atoms with Crippen LogP contribution in [0.5, 0.6) is 0 Å².